The SMILES string of the molecule is CC\C=C/C=C\C=C/C=C\C=C\C=C/C=C\CCCCCC(=O)OCC(COC(=O)CCCCCCCCCCCCCCCCC)OC(=O)CCCCCCCCCCC/C=C\C/C=C\C/C=C\CC. The molecule has 0 aliphatic rings. The third-order valence-corrected chi connectivity index (χ3v) is 12.2. The van der Waals surface area contributed by atoms with E-state index in [0.29, 0.717) is 19.3 Å². The lowest BCUT2D eigenvalue weighted by Gasteiger charge is -2.18. The minimum Gasteiger partial charge on any atom is -0.462 e. The number of ether oxygens (including phenoxy) is 3. The predicted molar refractivity (Wildman–Crippen MR) is 306 cm³/mol. The number of carbonyl (C=O) groups is 3. The molecule has 1 unspecified atom stereocenters. The van der Waals surface area contributed by atoms with Crippen LogP contribution in [-0.4, -0.2) is 37.2 Å². The lowest BCUT2D eigenvalue weighted by Crippen LogP contribution is -2.30. The van der Waals surface area contributed by atoms with Crippen LogP contribution in [0, 0.1) is 0 Å². The second-order valence-corrected chi connectivity index (χ2v) is 19.0. The van der Waals surface area contributed by atoms with Crippen molar-refractivity contribution in [1.82, 2.24) is 0 Å². The molecule has 0 amide bonds. The van der Waals surface area contributed by atoms with Gasteiger partial charge in [0.15, 0.2) is 6.10 Å². The normalized spacial score (nSPS) is 13.0. The number of esters is 3. The Labute approximate surface area is 437 Å². The number of hydrogen-bond donors (Lipinski definition) is 0. The summed E-state index contributed by atoms with van der Waals surface area (Å²) in [5, 5.41) is 0. The molecule has 6 heteroatoms. The van der Waals surface area contributed by atoms with Crippen LogP contribution >= 0.6 is 0 Å². The van der Waals surface area contributed by atoms with Gasteiger partial charge in [-0.25, -0.2) is 0 Å². The van der Waals surface area contributed by atoms with Crippen molar-refractivity contribution in [3.8, 4) is 0 Å². The van der Waals surface area contributed by atoms with Crippen molar-refractivity contribution in [3.05, 3.63) is 122 Å². The fourth-order valence-corrected chi connectivity index (χ4v) is 7.85. The Bertz CT molecular complexity index is 1500. The second kappa shape index (κ2) is 58.4. The number of allylic oxidation sites excluding steroid dienone is 20. The van der Waals surface area contributed by atoms with E-state index in [1.54, 1.807) is 0 Å². The van der Waals surface area contributed by atoms with Crippen LogP contribution in [0.5, 0.6) is 0 Å². The van der Waals surface area contributed by atoms with Crippen LogP contribution in [0.15, 0.2) is 122 Å². The summed E-state index contributed by atoms with van der Waals surface area (Å²) >= 11 is 0. The molecule has 0 aromatic carbocycles. The average Bonchev–Trinajstić information content (AvgIpc) is 3.37. The van der Waals surface area contributed by atoms with Gasteiger partial charge in [0, 0.05) is 19.3 Å². The van der Waals surface area contributed by atoms with Crippen molar-refractivity contribution in [2.45, 2.75) is 258 Å². The van der Waals surface area contributed by atoms with Crippen molar-refractivity contribution < 1.29 is 28.6 Å². The molecule has 6 nitrogen and oxygen atoms in total. The van der Waals surface area contributed by atoms with E-state index in [9.17, 15) is 14.4 Å². The number of carbonyl (C=O) groups excluding carboxylic acids is 3. The van der Waals surface area contributed by atoms with E-state index < -0.39 is 6.10 Å². The fourth-order valence-electron chi connectivity index (χ4n) is 7.85. The molecule has 402 valence electrons. The van der Waals surface area contributed by atoms with Gasteiger partial charge in [0.1, 0.15) is 13.2 Å². The van der Waals surface area contributed by atoms with Gasteiger partial charge in [0.25, 0.3) is 0 Å². The molecule has 0 spiro atoms. The molecule has 71 heavy (non-hydrogen) atoms. The van der Waals surface area contributed by atoms with E-state index in [2.05, 4.69) is 69.4 Å². The molecule has 0 aliphatic carbocycles. The highest BCUT2D eigenvalue weighted by Gasteiger charge is 2.19. The molecule has 1 atom stereocenters. The maximum absolute atomic E-state index is 12.9. The van der Waals surface area contributed by atoms with E-state index >= 15 is 0 Å². The van der Waals surface area contributed by atoms with E-state index in [4.69, 9.17) is 14.2 Å². The van der Waals surface area contributed by atoms with Gasteiger partial charge in [0.2, 0.25) is 0 Å². The Morgan fingerprint density at radius 2 is 0.620 bits per heavy atom. The molecule has 0 bridgehead atoms. The number of unbranched alkanes of at least 4 members (excludes halogenated alkanes) is 26. The first-order valence-electron chi connectivity index (χ1n) is 29.1. The monoisotopic (exact) mass is 983 g/mol. The Kier molecular flexibility index (Phi) is 54.9. The smallest absolute Gasteiger partial charge is 0.306 e. The maximum Gasteiger partial charge on any atom is 0.306 e. The van der Waals surface area contributed by atoms with Crippen LogP contribution in [0.4, 0.5) is 0 Å². The molecule has 0 N–H and O–H groups in total. The third kappa shape index (κ3) is 56.6. The number of rotatable bonds is 51. The van der Waals surface area contributed by atoms with Crippen molar-refractivity contribution in [2.75, 3.05) is 13.2 Å². The highest BCUT2D eigenvalue weighted by atomic mass is 16.6. The van der Waals surface area contributed by atoms with Crippen molar-refractivity contribution in [2.24, 2.45) is 0 Å². The molecule has 0 saturated heterocycles. The molecule has 0 aromatic heterocycles. The van der Waals surface area contributed by atoms with Crippen LogP contribution in [0.25, 0.3) is 0 Å². The largest absolute Gasteiger partial charge is 0.462 e. The summed E-state index contributed by atoms with van der Waals surface area (Å²) in [7, 11) is 0. The molecule has 0 heterocycles. The van der Waals surface area contributed by atoms with Crippen molar-refractivity contribution in [1.29, 1.82) is 0 Å². The quantitative estimate of drug-likeness (QED) is 0.0199. The van der Waals surface area contributed by atoms with Gasteiger partial charge in [0.05, 0.1) is 0 Å². The summed E-state index contributed by atoms with van der Waals surface area (Å²) in [6, 6.07) is 0. The van der Waals surface area contributed by atoms with Gasteiger partial charge in [-0.1, -0.05) is 284 Å². The molecule has 0 aromatic rings. The molecule has 0 fully saturated rings. The van der Waals surface area contributed by atoms with Crippen LogP contribution in [0.3, 0.4) is 0 Å². The summed E-state index contributed by atoms with van der Waals surface area (Å²) in [4.78, 5) is 38.2. The summed E-state index contributed by atoms with van der Waals surface area (Å²) < 4.78 is 16.9. The first-order chi connectivity index (χ1) is 35.0. The standard InChI is InChI=1S/C65H106O6/c1-4-7-10-13-16-19-22-25-28-30-32-34-37-40-43-46-49-52-55-58-64(67)70-61-62(60-69-63(66)57-54-51-48-45-42-39-36-27-24-21-18-15-12-9-6-3)71-65(68)59-56-53-50-47-44-41-38-35-33-31-29-26-23-20-17-14-11-8-5-2/h7-8,10-11,13,16-17,19-20,22,25-26,28-30,32,34,37,40,43,62H,4-6,9,12,14-15,18,21,23-24,27,31,33,35-36,38-39,41-42,44-61H2,1-3H3/b10-7-,11-8-,16-13-,20-17-,22-19-,28-25-,29-26-,32-30+,37-34-,43-40-. The third-order valence-electron chi connectivity index (χ3n) is 12.2. The highest BCUT2D eigenvalue weighted by molar-refractivity contribution is 5.71. The topological polar surface area (TPSA) is 78.9 Å². The summed E-state index contributed by atoms with van der Waals surface area (Å²) in [6.45, 7) is 6.35. The van der Waals surface area contributed by atoms with Gasteiger partial charge in [-0.2, -0.15) is 0 Å². The fraction of sp³-hybridized carbons (Fsp3) is 0.646. The Hall–Kier alpha value is -4.19. The Morgan fingerprint density at radius 3 is 1.04 bits per heavy atom. The molecule has 0 rings (SSSR count). The van der Waals surface area contributed by atoms with Crippen molar-refractivity contribution >= 4 is 17.9 Å². The van der Waals surface area contributed by atoms with Gasteiger partial charge < -0.3 is 14.2 Å². The van der Waals surface area contributed by atoms with E-state index in [-0.39, 0.29) is 31.1 Å². The summed E-state index contributed by atoms with van der Waals surface area (Å²) in [5.74, 6) is -0.946. The van der Waals surface area contributed by atoms with Crippen molar-refractivity contribution in [3.63, 3.8) is 0 Å². The minimum absolute atomic E-state index is 0.0959. The lowest BCUT2D eigenvalue weighted by molar-refractivity contribution is -0.167. The van der Waals surface area contributed by atoms with Crippen LogP contribution in [0.2, 0.25) is 0 Å². The van der Waals surface area contributed by atoms with Crippen LogP contribution < -0.4 is 0 Å². The summed E-state index contributed by atoms with van der Waals surface area (Å²) in [6.07, 6.45) is 80.4. The Balaban J connectivity index is 4.50. The lowest BCUT2D eigenvalue weighted by atomic mass is 10.0. The molecular formula is C65H106O6. The zero-order chi connectivity index (χ0) is 51.4. The first-order valence-corrected chi connectivity index (χ1v) is 29.1. The predicted octanol–water partition coefficient (Wildman–Crippen LogP) is 19.6. The average molecular weight is 984 g/mol. The second-order valence-electron chi connectivity index (χ2n) is 19.0. The number of hydrogen-bond acceptors (Lipinski definition) is 6. The Morgan fingerprint density at radius 1 is 0.310 bits per heavy atom. The van der Waals surface area contributed by atoms with Crippen LogP contribution in [0.1, 0.15) is 252 Å². The molecule has 0 aliphatic heterocycles. The zero-order valence-electron chi connectivity index (χ0n) is 45.9. The summed E-state index contributed by atoms with van der Waals surface area (Å²) in [5.41, 5.74) is 0. The highest BCUT2D eigenvalue weighted by Crippen LogP contribution is 2.16. The minimum atomic E-state index is -0.803. The van der Waals surface area contributed by atoms with Gasteiger partial charge in [-0.3, -0.25) is 14.4 Å². The first kappa shape index (κ1) is 66.8. The zero-order valence-corrected chi connectivity index (χ0v) is 45.9. The van der Waals surface area contributed by atoms with E-state index in [1.165, 1.54) is 116 Å². The van der Waals surface area contributed by atoms with Gasteiger partial charge in [-0.05, 0) is 70.6 Å². The van der Waals surface area contributed by atoms with E-state index in [0.717, 1.165) is 96.3 Å². The maximum atomic E-state index is 12.9. The van der Waals surface area contributed by atoms with Crippen LogP contribution in [-0.2, 0) is 28.6 Å². The molecular weight excluding hydrogens is 877 g/mol. The molecule has 0 radical (unpaired) electrons. The van der Waals surface area contributed by atoms with E-state index in [1.807, 2.05) is 72.9 Å². The van der Waals surface area contributed by atoms with Gasteiger partial charge in [-0.15, -0.1) is 0 Å². The van der Waals surface area contributed by atoms with Gasteiger partial charge >= 0.3 is 17.9 Å². The molecule has 0 saturated carbocycles.